The van der Waals surface area contributed by atoms with Gasteiger partial charge in [-0.05, 0) is 35.7 Å². The number of thiophene rings is 1. The first-order chi connectivity index (χ1) is 10.2. The van der Waals surface area contributed by atoms with E-state index < -0.39 is 0 Å². The summed E-state index contributed by atoms with van der Waals surface area (Å²) in [6, 6.07) is 7.77. The maximum Gasteiger partial charge on any atom is 0.225 e. The van der Waals surface area contributed by atoms with Crippen molar-refractivity contribution in [2.75, 3.05) is 11.9 Å². The molecule has 0 aliphatic heterocycles. The average molecular weight is 338 g/mol. The van der Waals surface area contributed by atoms with E-state index in [0.29, 0.717) is 0 Å². The molecule has 3 rings (SSSR count). The molecule has 0 bridgehead atoms. The SMILES string of the molecule is CCCNc1nc(Cl)nc2scc(-c3ccc(Cl)cc3)c12. The van der Waals surface area contributed by atoms with Gasteiger partial charge in [0.15, 0.2) is 0 Å². The van der Waals surface area contributed by atoms with E-state index in [9.17, 15) is 0 Å². The molecule has 0 amide bonds. The van der Waals surface area contributed by atoms with E-state index in [2.05, 4.69) is 27.6 Å². The lowest BCUT2D eigenvalue weighted by atomic mass is 10.1. The van der Waals surface area contributed by atoms with Gasteiger partial charge in [0.25, 0.3) is 0 Å². The maximum atomic E-state index is 6.01. The molecule has 0 saturated heterocycles. The Bertz CT molecular complexity index is 768. The Hall–Kier alpha value is -1.36. The van der Waals surface area contributed by atoms with Crippen molar-refractivity contribution in [3.8, 4) is 11.1 Å². The van der Waals surface area contributed by atoms with Crippen LogP contribution < -0.4 is 5.32 Å². The highest BCUT2D eigenvalue weighted by Crippen LogP contribution is 2.37. The molecule has 1 aromatic carbocycles. The lowest BCUT2D eigenvalue weighted by Crippen LogP contribution is -2.03. The van der Waals surface area contributed by atoms with Gasteiger partial charge in [0.05, 0.1) is 5.39 Å². The van der Waals surface area contributed by atoms with Crippen LogP contribution in [0.1, 0.15) is 13.3 Å². The van der Waals surface area contributed by atoms with Crippen molar-refractivity contribution >= 4 is 50.6 Å². The summed E-state index contributed by atoms with van der Waals surface area (Å²) >= 11 is 13.5. The first kappa shape index (κ1) is 14.6. The van der Waals surface area contributed by atoms with Crippen LogP contribution in [0.4, 0.5) is 5.82 Å². The number of halogens is 2. The molecule has 0 saturated carbocycles. The van der Waals surface area contributed by atoms with Crippen molar-refractivity contribution in [1.82, 2.24) is 9.97 Å². The third-order valence-corrected chi connectivity index (χ3v) is 4.40. The number of rotatable bonds is 4. The third kappa shape index (κ3) is 2.98. The van der Waals surface area contributed by atoms with Crippen LogP contribution in [0.3, 0.4) is 0 Å². The van der Waals surface area contributed by atoms with Crippen molar-refractivity contribution in [2.24, 2.45) is 0 Å². The summed E-state index contributed by atoms with van der Waals surface area (Å²) in [5.41, 5.74) is 2.19. The summed E-state index contributed by atoms with van der Waals surface area (Å²) in [5.74, 6) is 0.790. The third-order valence-electron chi connectivity index (χ3n) is 3.10. The Labute approximate surface area is 137 Å². The zero-order valence-electron chi connectivity index (χ0n) is 11.4. The molecule has 1 N–H and O–H groups in total. The minimum atomic E-state index is 0.269. The standard InChI is InChI=1S/C15H13Cl2N3S/c1-2-7-18-13-12-11(9-3-5-10(16)6-4-9)8-21-14(12)20-15(17)19-13/h3-6,8H,2,7H2,1H3,(H,18,19,20). The number of nitrogens with zero attached hydrogens (tertiary/aromatic N) is 2. The van der Waals surface area contributed by atoms with Gasteiger partial charge >= 0.3 is 0 Å². The number of hydrogen-bond donors (Lipinski definition) is 1. The van der Waals surface area contributed by atoms with Crippen LogP contribution in [-0.4, -0.2) is 16.5 Å². The van der Waals surface area contributed by atoms with Crippen LogP contribution in [0, 0.1) is 0 Å². The second-order valence-electron chi connectivity index (χ2n) is 4.60. The predicted molar refractivity (Wildman–Crippen MR) is 91.7 cm³/mol. The van der Waals surface area contributed by atoms with Crippen LogP contribution >= 0.6 is 34.5 Å². The molecule has 0 aliphatic carbocycles. The van der Waals surface area contributed by atoms with Gasteiger partial charge in [-0.3, -0.25) is 0 Å². The second-order valence-corrected chi connectivity index (χ2v) is 6.24. The molecule has 6 heteroatoms. The first-order valence-corrected chi connectivity index (χ1v) is 8.27. The molecule has 108 valence electrons. The van der Waals surface area contributed by atoms with E-state index in [1.807, 2.05) is 24.3 Å². The van der Waals surface area contributed by atoms with Gasteiger partial charge in [-0.25, -0.2) is 9.97 Å². The molecule has 2 heterocycles. The Morgan fingerprint density at radius 3 is 2.62 bits per heavy atom. The Morgan fingerprint density at radius 1 is 1.14 bits per heavy atom. The van der Waals surface area contributed by atoms with E-state index in [1.54, 1.807) is 11.3 Å². The molecule has 21 heavy (non-hydrogen) atoms. The van der Waals surface area contributed by atoms with E-state index in [-0.39, 0.29) is 5.28 Å². The number of nitrogens with one attached hydrogen (secondary N) is 1. The highest BCUT2D eigenvalue weighted by Gasteiger charge is 2.14. The quantitative estimate of drug-likeness (QED) is 0.640. The molecule has 0 atom stereocenters. The van der Waals surface area contributed by atoms with Crippen molar-refractivity contribution < 1.29 is 0 Å². The van der Waals surface area contributed by atoms with Crippen LogP contribution in [0.2, 0.25) is 10.3 Å². The summed E-state index contributed by atoms with van der Waals surface area (Å²) in [7, 11) is 0. The summed E-state index contributed by atoms with van der Waals surface area (Å²) in [5, 5.41) is 7.42. The normalized spacial score (nSPS) is 11.0. The monoisotopic (exact) mass is 337 g/mol. The van der Waals surface area contributed by atoms with E-state index in [1.165, 1.54) is 0 Å². The number of benzene rings is 1. The average Bonchev–Trinajstić information content (AvgIpc) is 2.89. The fourth-order valence-corrected chi connectivity index (χ4v) is 3.42. The van der Waals surface area contributed by atoms with Gasteiger partial charge in [-0.1, -0.05) is 30.7 Å². The molecular formula is C15H13Cl2N3S. The zero-order chi connectivity index (χ0) is 14.8. The molecule has 0 unspecified atom stereocenters. The molecule has 0 spiro atoms. The van der Waals surface area contributed by atoms with Gasteiger partial charge in [-0.15, -0.1) is 11.3 Å². The Balaban J connectivity index is 2.17. The minimum Gasteiger partial charge on any atom is -0.369 e. The number of anilines is 1. The van der Waals surface area contributed by atoms with Gasteiger partial charge in [-0.2, -0.15) is 0 Å². The molecule has 0 aliphatic rings. The summed E-state index contributed by atoms with van der Waals surface area (Å²) in [6.45, 7) is 2.96. The van der Waals surface area contributed by atoms with Gasteiger partial charge in [0, 0.05) is 22.5 Å². The largest absolute Gasteiger partial charge is 0.369 e. The summed E-state index contributed by atoms with van der Waals surface area (Å²) < 4.78 is 0. The summed E-state index contributed by atoms with van der Waals surface area (Å²) in [4.78, 5) is 9.54. The van der Waals surface area contributed by atoms with E-state index >= 15 is 0 Å². The molecule has 2 aromatic heterocycles. The Morgan fingerprint density at radius 2 is 1.90 bits per heavy atom. The van der Waals surface area contributed by atoms with Gasteiger partial charge in [0.2, 0.25) is 5.28 Å². The molecular weight excluding hydrogens is 325 g/mol. The number of hydrogen-bond acceptors (Lipinski definition) is 4. The first-order valence-electron chi connectivity index (χ1n) is 6.63. The zero-order valence-corrected chi connectivity index (χ0v) is 13.7. The van der Waals surface area contributed by atoms with Crippen LogP contribution in [-0.2, 0) is 0 Å². The fraction of sp³-hybridized carbons (Fsp3) is 0.200. The number of aromatic nitrogens is 2. The number of fused-ring (bicyclic) bond motifs is 1. The lowest BCUT2D eigenvalue weighted by Gasteiger charge is -2.08. The second kappa shape index (κ2) is 6.18. The van der Waals surface area contributed by atoms with Crippen molar-refractivity contribution in [3.05, 3.63) is 40.0 Å². The lowest BCUT2D eigenvalue weighted by molar-refractivity contribution is 0.970. The van der Waals surface area contributed by atoms with Crippen LogP contribution in [0.5, 0.6) is 0 Å². The van der Waals surface area contributed by atoms with Crippen molar-refractivity contribution in [1.29, 1.82) is 0 Å². The van der Waals surface area contributed by atoms with Crippen LogP contribution in [0.15, 0.2) is 29.6 Å². The molecule has 3 aromatic rings. The molecule has 0 radical (unpaired) electrons. The van der Waals surface area contributed by atoms with E-state index in [0.717, 1.165) is 45.1 Å². The van der Waals surface area contributed by atoms with Crippen molar-refractivity contribution in [3.63, 3.8) is 0 Å². The molecule has 3 nitrogen and oxygen atoms in total. The van der Waals surface area contributed by atoms with Crippen molar-refractivity contribution in [2.45, 2.75) is 13.3 Å². The highest BCUT2D eigenvalue weighted by atomic mass is 35.5. The molecule has 0 fully saturated rings. The van der Waals surface area contributed by atoms with Gasteiger partial charge < -0.3 is 5.32 Å². The maximum absolute atomic E-state index is 6.01. The Kier molecular flexibility index (Phi) is 4.29. The minimum absolute atomic E-state index is 0.269. The van der Waals surface area contributed by atoms with Crippen LogP contribution in [0.25, 0.3) is 21.3 Å². The van der Waals surface area contributed by atoms with E-state index in [4.69, 9.17) is 23.2 Å². The fourth-order valence-electron chi connectivity index (χ4n) is 2.13. The highest BCUT2D eigenvalue weighted by molar-refractivity contribution is 7.17. The topological polar surface area (TPSA) is 37.8 Å². The summed E-state index contributed by atoms with van der Waals surface area (Å²) in [6.07, 6.45) is 1.02. The van der Waals surface area contributed by atoms with Gasteiger partial charge in [0.1, 0.15) is 10.6 Å². The predicted octanol–water partition coefficient (Wildman–Crippen LogP) is 5.49. The smallest absolute Gasteiger partial charge is 0.225 e.